The molecule has 0 saturated carbocycles. The molecule has 0 aliphatic heterocycles. The van der Waals surface area contributed by atoms with Gasteiger partial charge in [0.1, 0.15) is 0 Å². The molecule has 0 spiro atoms. The molecule has 0 aromatic carbocycles. The van der Waals surface area contributed by atoms with Gasteiger partial charge in [-0.3, -0.25) is 19.6 Å². The van der Waals surface area contributed by atoms with Gasteiger partial charge in [-0.15, -0.1) is 0 Å². The van der Waals surface area contributed by atoms with Gasteiger partial charge in [0, 0.05) is 12.4 Å². The standard InChI is InChI=1S/C10H13NO2.C8H9NO2/c1-3-13-10(12)7-9-6-8(2)4-5-11-9;1-6-2-3-9-7(4-6)5-8(10)11/h4-6H,3,7H2,1-2H3;2-4H,5H2,1H3,(H,10,11). The molecule has 0 atom stereocenters. The quantitative estimate of drug-likeness (QED) is 0.847. The number of carboxylic acids is 1. The Morgan fingerprint density at radius 1 is 1.00 bits per heavy atom. The highest BCUT2D eigenvalue weighted by Gasteiger charge is 2.04. The molecular weight excluding hydrogens is 308 g/mol. The Bertz CT molecular complexity index is 686. The Hall–Kier alpha value is -2.76. The van der Waals surface area contributed by atoms with E-state index in [2.05, 4.69) is 9.97 Å². The lowest BCUT2D eigenvalue weighted by Gasteiger charge is -2.01. The number of carbonyl (C=O) groups excluding carboxylic acids is 1. The SMILES string of the molecule is CCOC(=O)Cc1cc(C)ccn1.Cc1ccnc(CC(=O)O)c1. The molecule has 0 aliphatic rings. The number of aromatic nitrogens is 2. The summed E-state index contributed by atoms with van der Waals surface area (Å²) in [5.41, 5.74) is 3.52. The average molecular weight is 330 g/mol. The number of esters is 1. The van der Waals surface area contributed by atoms with E-state index in [9.17, 15) is 9.59 Å². The highest BCUT2D eigenvalue weighted by Crippen LogP contribution is 2.01. The Labute approximate surface area is 141 Å². The first-order chi connectivity index (χ1) is 11.4. The maximum absolute atomic E-state index is 11.1. The fourth-order valence-electron chi connectivity index (χ4n) is 1.91. The second-order valence-electron chi connectivity index (χ2n) is 5.20. The molecule has 2 heterocycles. The maximum Gasteiger partial charge on any atom is 0.311 e. The molecule has 0 amide bonds. The minimum atomic E-state index is -0.844. The van der Waals surface area contributed by atoms with E-state index in [1.165, 1.54) is 0 Å². The topological polar surface area (TPSA) is 89.4 Å². The second-order valence-corrected chi connectivity index (χ2v) is 5.20. The fourth-order valence-corrected chi connectivity index (χ4v) is 1.91. The van der Waals surface area contributed by atoms with Gasteiger partial charge in [0.2, 0.25) is 0 Å². The lowest BCUT2D eigenvalue weighted by atomic mass is 10.2. The van der Waals surface area contributed by atoms with E-state index in [1.54, 1.807) is 25.4 Å². The van der Waals surface area contributed by atoms with Crippen molar-refractivity contribution in [1.82, 2.24) is 9.97 Å². The van der Waals surface area contributed by atoms with Crippen molar-refractivity contribution in [2.45, 2.75) is 33.6 Å². The molecule has 1 N–H and O–H groups in total. The molecule has 0 unspecified atom stereocenters. The van der Waals surface area contributed by atoms with Crippen LogP contribution in [0.15, 0.2) is 36.7 Å². The lowest BCUT2D eigenvalue weighted by Crippen LogP contribution is -2.08. The third-order valence-electron chi connectivity index (χ3n) is 2.91. The summed E-state index contributed by atoms with van der Waals surface area (Å²) >= 11 is 0. The van der Waals surface area contributed by atoms with Gasteiger partial charge in [-0.2, -0.15) is 0 Å². The minimum absolute atomic E-state index is 0.00167. The van der Waals surface area contributed by atoms with E-state index in [0.29, 0.717) is 12.3 Å². The Balaban J connectivity index is 0.000000243. The molecular formula is C18H22N2O4. The number of carboxylic acid groups (broad SMARTS) is 1. The summed E-state index contributed by atoms with van der Waals surface area (Å²) in [7, 11) is 0. The molecule has 2 rings (SSSR count). The van der Waals surface area contributed by atoms with Crippen LogP contribution in [0.2, 0.25) is 0 Å². The molecule has 6 heteroatoms. The van der Waals surface area contributed by atoms with Gasteiger partial charge in [-0.1, -0.05) is 0 Å². The molecule has 2 aromatic rings. The van der Waals surface area contributed by atoms with Crippen molar-refractivity contribution in [2.75, 3.05) is 6.61 Å². The van der Waals surface area contributed by atoms with Crippen molar-refractivity contribution in [2.24, 2.45) is 0 Å². The molecule has 0 saturated heterocycles. The smallest absolute Gasteiger partial charge is 0.311 e. The predicted molar refractivity (Wildman–Crippen MR) is 89.6 cm³/mol. The van der Waals surface area contributed by atoms with E-state index in [1.807, 2.05) is 32.0 Å². The summed E-state index contributed by atoms with van der Waals surface area (Å²) < 4.78 is 4.81. The largest absolute Gasteiger partial charge is 0.481 e. The summed E-state index contributed by atoms with van der Waals surface area (Å²) in [6.07, 6.45) is 3.58. The minimum Gasteiger partial charge on any atom is -0.481 e. The second kappa shape index (κ2) is 10.1. The monoisotopic (exact) mass is 330 g/mol. The molecule has 6 nitrogen and oxygen atoms in total. The van der Waals surface area contributed by atoms with Gasteiger partial charge >= 0.3 is 11.9 Å². The molecule has 0 fully saturated rings. The maximum atomic E-state index is 11.1. The first-order valence-electron chi connectivity index (χ1n) is 7.61. The summed E-state index contributed by atoms with van der Waals surface area (Å²) in [4.78, 5) is 29.3. The van der Waals surface area contributed by atoms with Gasteiger partial charge in [-0.25, -0.2) is 0 Å². The number of pyridine rings is 2. The van der Waals surface area contributed by atoms with Crippen LogP contribution in [0.1, 0.15) is 29.4 Å². The third-order valence-corrected chi connectivity index (χ3v) is 2.91. The molecule has 24 heavy (non-hydrogen) atoms. The third kappa shape index (κ3) is 8.03. The van der Waals surface area contributed by atoms with E-state index in [-0.39, 0.29) is 18.8 Å². The first-order valence-corrected chi connectivity index (χ1v) is 7.61. The first kappa shape index (κ1) is 19.3. The fraction of sp³-hybridized carbons (Fsp3) is 0.333. The van der Waals surface area contributed by atoms with Crippen LogP contribution in [-0.2, 0) is 27.2 Å². The van der Waals surface area contributed by atoms with Crippen LogP contribution in [0.25, 0.3) is 0 Å². The van der Waals surface area contributed by atoms with Crippen molar-refractivity contribution in [1.29, 1.82) is 0 Å². The number of rotatable bonds is 5. The zero-order chi connectivity index (χ0) is 17.9. The number of ether oxygens (including phenoxy) is 1. The van der Waals surface area contributed by atoms with E-state index in [0.717, 1.165) is 16.8 Å². The Morgan fingerprint density at radius 2 is 1.50 bits per heavy atom. The van der Waals surface area contributed by atoms with Gasteiger partial charge < -0.3 is 9.84 Å². The van der Waals surface area contributed by atoms with Crippen LogP contribution < -0.4 is 0 Å². The highest BCUT2D eigenvalue weighted by atomic mass is 16.5. The highest BCUT2D eigenvalue weighted by molar-refractivity contribution is 5.72. The van der Waals surface area contributed by atoms with Crippen LogP contribution in [0, 0.1) is 13.8 Å². The molecule has 0 radical (unpaired) electrons. The van der Waals surface area contributed by atoms with Crippen LogP contribution in [0.5, 0.6) is 0 Å². The predicted octanol–water partition coefficient (Wildman–Crippen LogP) is 2.51. The number of aliphatic carboxylic acids is 1. The van der Waals surface area contributed by atoms with Gasteiger partial charge in [0.15, 0.2) is 0 Å². The van der Waals surface area contributed by atoms with Crippen molar-refractivity contribution < 1.29 is 19.4 Å². The summed E-state index contributed by atoms with van der Waals surface area (Å²) in [5, 5.41) is 8.42. The van der Waals surface area contributed by atoms with Crippen molar-refractivity contribution >= 4 is 11.9 Å². The van der Waals surface area contributed by atoms with Crippen molar-refractivity contribution in [3.05, 3.63) is 59.2 Å². The van der Waals surface area contributed by atoms with E-state index >= 15 is 0 Å². The number of carbonyl (C=O) groups is 2. The lowest BCUT2D eigenvalue weighted by molar-refractivity contribution is -0.142. The van der Waals surface area contributed by atoms with Crippen molar-refractivity contribution in [3.8, 4) is 0 Å². The Kier molecular flexibility index (Phi) is 8.11. The van der Waals surface area contributed by atoms with Gasteiger partial charge in [0.05, 0.1) is 30.8 Å². The van der Waals surface area contributed by atoms with E-state index in [4.69, 9.17) is 9.84 Å². The van der Waals surface area contributed by atoms with Crippen LogP contribution in [-0.4, -0.2) is 33.6 Å². The molecule has 0 bridgehead atoms. The Morgan fingerprint density at radius 3 is 1.92 bits per heavy atom. The van der Waals surface area contributed by atoms with Crippen LogP contribution in [0.4, 0.5) is 0 Å². The number of nitrogens with zero attached hydrogens (tertiary/aromatic N) is 2. The summed E-state index contributed by atoms with van der Waals surface area (Å²) in [6, 6.07) is 7.39. The number of hydrogen-bond acceptors (Lipinski definition) is 5. The van der Waals surface area contributed by atoms with Crippen LogP contribution >= 0.6 is 0 Å². The van der Waals surface area contributed by atoms with Crippen molar-refractivity contribution in [3.63, 3.8) is 0 Å². The number of hydrogen-bond donors (Lipinski definition) is 1. The summed E-state index contributed by atoms with van der Waals surface area (Å²) in [5.74, 6) is -1.07. The average Bonchev–Trinajstić information content (AvgIpc) is 2.47. The summed E-state index contributed by atoms with van der Waals surface area (Å²) in [6.45, 7) is 6.09. The molecule has 128 valence electrons. The van der Waals surface area contributed by atoms with Gasteiger partial charge in [-0.05, 0) is 56.2 Å². The van der Waals surface area contributed by atoms with Gasteiger partial charge in [0.25, 0.3) is 0 Å². The zero-order valence-electron chi connectivity index (χ0n) is 14.2. The number of aryl methyl sites for hydroxylation is 2. The van der Waals surface area contributed by atoms with E-state index < -0.39 is 5.97 Å². The normalized spacial score (nSPS) is 9.62. The molecule has 2 aromatic heterocycles. The zero-order valence-corrected chi connectivity index (χ0v) is 14.2. The van der Waals surface area contributed by atoms with Crippen LogP contribution in [0.3, 0.4) is 0 Å². The molecule has 0 aliphatic carbocycles.